The first-order chi connectivity index (χ1) is 12.1. The molecule has 0 aliphatic heterocycles. The highest BCUT2D eigenvalue weighted by molar-refractivity contribution is 5.70. The third-order valence-corrected chi connectivity index (χ3v) is 5.69. The minimum absolute atomic E-state index is 0.0427. The van der Waals surface area contributed by atoms with E-state index >= 15 is 0 Å². The van der Waals surface area contributed by atoms with E-state index in [4.69, 9.17) is 9.47 Å². The molecule has 5 nitrogen and oxygen atoms in total. The van der Waals surface area contributed by atoms with Crippen LogP contribution in [-0.2, 0) is 19.1 Å². The standard InChI is InChI=1S/C20H35NO4/c1-3-24-19(22)13-15-5-9-17(10-6-15)21-18-11-7-16(8-12-18)14-20(23)25-4-2/h15-18,21H,3-14H2,1-2H3. The minimum Gasteiger partial charge on any atom is -0.466 e. The van der Waals surface area contributed by atoms with E-state index in [9.17, 15) is 9.59 Å². The monoisotopic (exact) mass is 353 g/mol. The molecule has 0 aromatic heterocycles. The lowest BCUT2D eigenvalue weighted by Gasteiger charge is -2.35. The van der Waals surface area contributed by atoms with Gasteiger partial charge in [-0.2, -0.15) is 0 Å². The van der Waals surface area contributed by atoms with Crippen LogP contribution in [0.25, 0.3) is 0 Å². The van der Waals surface area contributed by atoms with Crippen molar-refractivity contribution in [2.24, 2.45) is 11.8 Å². The van der Waals surface area contributed by atoms with Crippen LogP contribution in [0.15, 0.2) is 0 Å². The molecule has 5 heteroatoms. The fourth-order valence-electron chi connectivity index (χ4n) is 4.31. The summed E-state index contributed by atoms with van der Waals surface area (Å²) in [6, 6.07) is 1.18. The van der Waals surface area contributed by atoms with Crippen LogP contribution < -0.4 is 5.32 Å². The molecule has 0 spiro atoms. The molecular weight excluding hydrogens is 318 g/mol. The van der Waals surface area contributed by atoms with Crippen molar-refractivity contribution in [2.75, 3.05) is 13.2 Å². The number of carbonyl (C=O) groups is 2. The second-order valence-corrected chi connectivity index (χ2v) is 7.62. The summed E-state index contributed by atoms with van der Waals surface area (Å²) in [6.45, 7) is 4.68. The van der Waals surface area contributed by atoms with E-state index in [1.807, 2.05) is 13.8 Å². The SMILES string of the molecule is CCOC(=O)CC1CCC(NC2CCC(CC(=O)OCC)CC2)CC1. The molecule has 1 N–H and O–H groups in total. The Morgan fingerprint density at radius 2 is 1.08 bits per heavy atom. The molecule has 2 rings (SSSR count). The van der Waals surface area contributed by atoms with E-state index < -0.39 is 0 Å². The zero-order valence-electron chi connectivity index (χ0n) is 15.9. The predicted octanol–water partition coefficient (Wildman–Crippen LogP) is 3.60. The number of hydrogen-bond donors (Lipinski definition) is 1. The Balaban J connectivity index is 1.60. The Bertz CT molecular complexity index is 372. The normalized spacial score (nSPS) is 29.8. The van der Waals surface area contributed by atoms with Crippen molar-refractivity contribution >= 4 is 11.9 Å². The molecule has 25 heavy (non-hydrogen) atoms. The van der Waals surface area contributed by atoms with Crippen LogP contribution in [0.4, 0.5) is 0 Å². The maximum Gasteiger partial charge on any atom is 0.306 e. The summed E-state index contributed by atoms with van der Waals surface area (Å²) < 4.78 is 10.1. The summed E-state index contributed by atoms with van der Waals surface area (Å²) in [5.74, 6) is 0.910. The fraction of sp³-hybridized carbons (Fsp3) is 0.900. The van der Waals surface area contributed by atoms with Crippen LogP contribution in [-0.4, -0.2) is 37.2 Å². The first-order valence-electron chi connectivity index (χ1n) is 10.2. The van der Waals surface area contributed by atoms with Gasteiger partial charge in [0.05, 0.1) is 13.2 Å². The molecule has 2 saturated carbocycles. The van der Waals surface area contributed by atoms with Gasteiger partial charge in [0.15, 0.2) is 0 Å². The molecule has 0 aromatic rings. The van der Waals surface area contributed by atoms with Crippen molar-refractivity contribution < 1.29 is 19.1 Å². The van der Waals surface area contributed by atoms with Crippen molar-refractivity contribution in [3.63, 3.8) is 0 Å². The zero-order valence-corrected chi connectivity index (χ0v) is 15.9. The predicted molar refractivity (Wildman–Crippen MR) is 97.1 cm³/mol. The van der Waals surface area contributed by atoms with Crippen molar-refractivity contribution in [2.45, 2.75) is 90.1 Å². The number of esters is 2. The van der Waals surface area contributed by atoms with Crippen LogP contribution in [0, 0.1) is 11.8 Å². The Morgan fingerprint density at radius 3 is 1.40 bits per heavy atom. The Kier molecular flexibility index (Phi) is 8.73. The highest BCUT2D eigenvalue weighted by atomic mass is 16.5. The van der Waals surface area contributed by atoms with Gasteiger partial charge in [-0.3, -0.25) is 9.59 Å². The largest absolute Gasteiger partial charge is 0.466 e. The minimum atomic E-state index is -0.0427. The lowest BCUT2D eigenvalue weighted by molar-refractivity contribution is -0.145. The molecule has 0 saturated heterocycles. The van der Waals surface area contributed by atoms with Crippen molar-refractivity contribution in [1.29, 1.82) is 0 Å². The average molecular weight is 354 g/mol. The summed E-state index contributed by atoms with van der Waals surface area (Å²) in [6.07, 6.45) is 10.3. The number of carbonyl (C=O) groups excluding carboxylic acids is 2. The summed E-state index contributed by atoms with van der Waals surface area (Å²) in [4.78, 5) is 23.2. The fourth-order valence-corrected chi connectivity index (χ4v) is 4.31. The van der Waals surface area contributed by atoms with E-state index in [0.717, 1.165) is 51.4 Å². The maximum atomic E-state index is 11.6. The highest BCUT2D eigenvalue weighted by Crippen LogP contribution is 2.31. The summed E-state index contributed by atoms with van der Waals surface area (Å²) in [7, 11) is 0. The number of ether oxygens (including phenoxy) is 2. The van der Waals surface area contributed by atoms with E-state index in [1.54, 1.807) is 0 Å². The zero-order chi connectivity index (χ0) is 18.1. The molecule has 0 unspecified atom stereocenters. The van der Waals surface area contributed by atoms with Crippen LogP contribution in [0.3, 0.4) is 0 Å². The summed E-state index contributed by atoms with van der Waals surface area (Å²) in [5, 5.41) is 3.82. The van der Waals surface area contributed by atoms with Gasteiger partial charge in [-0.05, 0) is 77.0 Å². The molecule has 2 fully saturated rings. The topological polar surface area (TPSA) is 64.6 Å². The molecule has 0 atom stereocenters. The first-order valence-corrected chi connectivity index (χ1v) is 10.2. The van der Waals surface area contributed by atoms with Crippen LogP contribution in [0.1, 0.15) is 78.1 Å². The quantitative estimate of drug-likeness (QED) is 0.676. The van der Waals surface area contributed by atoms with Gasteiger partial charge >= 0.3 is 11.9 Å². The molecule has 0 bridgehead atoms. The molecule has 0 radical (unpaired) electrons. The Labute approximate surface area is 152 Å². The van der Waals surface area contributed by atoms with Crippen molar-refractivity contribution in [3.05, 3.63) is 0 Å². The Hall–Kier alpha value is -1.10. The third kappa shape index (κ3) is 7.35. The number of hydrogen-bond acceptors (Lipinski definition) is 5. The Morgan fingerprint density at radius 1 is 0.720 bits per heavy atom. The van der Waals surface area contributed by atoms with Gasteiger partial charge in [-0.25, -0.2) is 0 Å². The molecular formula is C20H35NO4. The first kappa shape index (κ1) is 20.2. The molecule has 144 valence electrons. The van der Waals surface area contributed by atoms with Crippen LogP contribution >= 0.6 is 0 Å². The van der Waals surface area contributed by atoms with Gasteiger partial charge in [0.2, 0.25) is 0 Å². The van der Waals surface area contributed by atoms with Gasteiger partial charge in [0, 0.05) is 24.9 Å². The van der Waals surface area contributed by atoms with Crippen molar-refractivity contribution in [3.8, 4) is 0 Å². The van der Waals surface area contributed by atoms with E-state index in [2.05, 4.69) is 5.32 Å². The van der Waals surface area contributed by atoms with Gasteiger partial charge in [-0.1, -0.05) is 0 Å². The van der Waals surface area contributed by atoms with Gasteiger partial charge in [0.1, 0.15) is 0 Å². The number of nitrogens with one attached hydrogen (secondary N) is 1. The number of rotatable bonds is 8. The maximum absolute atomic E-state index is 11.6. The molecule has 2 aliphatic carbocycles. The van der Waals surface area contributed by atoms with Gasteiger partial charge in [0.25, 0.3) is 0 Å². The van der Waals surface area contributed by atoms with Gasteiger partial charge < -0.3 is 14.8 Å². The second-order valence-electron chi connectivity index (χ2n) is 7.62. The highest BCUT2D eigenvalue weighted by Gasteiger charge is 2.28. The van der Waals surface area contributed by atoms with Crippen LogP contribution in [0.2, 0.25) is 0 Å². The summed E-state index contributed by atoms with van der Waals surface area (Å²) in [5.41, 5.74) is 0. The van der Waals surface area contributed by atoms with E-state index in [1.165, 1.54) is 0 Å². The molecule has 2 aliphatic rings. The van der Waals surface area contributed by atoms with E-state index in [-0.39, 0.29) is 11.9 Å². The van der Waals surface area contributed by atoms with Gasteiger partial charge in [-0.15, -0.1) is 0 Å². The lowest BCUT2D eigenvalue weighted by atomic mass is 9.81. The molecule has 0 amide bonds. The molecule has 0 aromatic carbocycles. The van der Waals surface area contributed by atoms with E-state index in [0.29, 0.717) is 50.0 Å². The lowest BCUT2D eigenvalue weighted by Crippen LogP contribution is -2.42. The molecule has 0 heterocycles. The average Bonchev–Trinajstić information content (AvgIpc) is 2.59. The summed E-state index contributed by atoms with van der Waals surface area (Å²) >= 11 is 0. The van der Waals surface area contributed by atoms with Crippen molar-refractivity contribution in [1.82, 2.24) is 5.32 Å². The second kappa shape index (κ2) is 10.8. The van der Waals surface area contributed by atoms with Crippen LogP contribution in [0.5, 0.6) is 0 Å². The third-order valence-electron chi connectivity index (χ3n) is 5.69. The smallest absolute Gasteiger partial charge is 0.306 e.